The molecule has 0 spiro atoms. The zero-order valence-electron chi connectivity index (χ0n) is 17.8. The maximum absolute atomic E-state index is 13.0. The molecule has 2 aromatic carbocycles. The third kappa shape index (κ3) is 4.06. The number of carbonyl (C=O) groups excluding carboxylic acids is 1. The highest BCUT2D eigenvalue weighted by Gasteiger charge is 2.36. The Kier molecular flexibility index (Phi) is 4.84. The topological polar surface area (TPSA) is 94.0 Å². The molecule has 1 aliphatic heterocycles. The third-order valence-electron chi connectivity index (χ3n) is 6.21. The van der Waals surface area contributed by atoms with Gasteiger partial charge in [0.25, 0.3) is 5.91 Å². The number of thiazole rings is 1. The van der Waals surface area contributed by atoms with E-state index < -0.39 is 9.84 Å². The third-order valence-corrected chi connectivity index (χ3v) is 9.04. The van der Waals surface area contributed by atoms with Crippen LogP contribution in [-0.2, 0) is 9.84 Å². The van der Waals surface area contributed by atoms with Gasteiger partial charge in [-0.3, -0.25) is 9.48 Å². The first-order valence-corrected chi connectivity index (χ1v) is 13.7. The van der Waals surface area contributed by atoms with Gasteiger partial charge in [-0.1, -0.05) is 24.3 Å². The normalized spacial score (nSPS) is 19.7. The number of aromatic nitrogens is 3. The van der Waals surface area contributed by atoms with Gasteiger partial charge in [0.15, 0.2) is 15.5 Å². The van der Waals surface area contributed by atoms with Gasteiger partial charge in [0, 0.05) is 22.9 Å². The number of amides is 1. The summed E-state index contributed by atoms with van der Waals surface area (Å²) in [5.74, 6) is 0.351. The summed E-state index contributed by atoms with van der Waals surface area (Å²) < 4.78 is 26.9. The summed E-state index contributed by atoms with van der Waals surface area (Å²) in [4.78, 5) is 17.7. The number of anilines is 1. The molecule has 2 fully saturated rings. The van der Waals surface area contributed by atoms with E-state index >= 15 is 0 Å². The van der Waals surface area contributed by atoms with Gasteiger partial charge in [0.2, 0.25) is 0 Å². The number of nitrogens with one attached hydrogen (secondary N) is 1. The summed E-state index contributed by atoms with van der Waals surface area (Å²) in [6.45, 7) is 0. The van der Waals surface area contributed by atoms with Gasteiger partial charge in [-0.05, 0) is 49.6 Å². The van der Waals surface area contributed by atoms with Gasteiger partial charge in [0.1, 0.15) is 5.01 Å². The smallest absolute Gasteiger partial charge is 0.276 e. The molecule has 1 saturated carbocycles. The minimum Gasteiger partial charge on any atom is -0.321 e. The largest absolute Gasteiger partial charge is 0.321 e. The van der Waals surface area contributed by atoms with E-state index in [2.05, 4.69) is 10.4 Å². The molecule has 1 amide bonds. The minimum atomic E-state index is -3.03. The van der Waals surface area contributed by atoms with Gasteiger partial charge >= 0.3 is 0 Å². The number of benzene rings is 2. The first-order chi connectivity index (χ1) is 15.9. The van der Waals surface area contributed by atoms with E-state index in [4.69, 9.17) is 4.98 Å². The molecule has 6 rings (SSSR count). The quantitative estimate of drug-likeness (QED) is 0.451. The van der Waals surface area contributed by atoms with Crippen LogP contribution in [0.5, 0.6) is 0 Å². The molecule has 168 valence electrons. The van der Waals surface area contributed by atoms with Crippen LogP contribution in [-0.4, -0.2) is 40.6 Å². The fraction of sp³-hybridized carbons (Fsp3) is 0.292. The maximum atomic E-state index is 13.0. The number of nitrogens with zero attached hydrogens (tertiary/aromatic N) is 3. The predicted octanol–water partition coefficient (Wildman–Crippen LogP) is 4.65. The Morgan fingerprint density at radius 2 is 1.91 bits per heavy atom. The Hall–Kier alpha value is -3.04. The van der Waals surface area contributed by atoms with Crippen LogP contribution < -0.4 is 5.32 Å². The highest BCUT2D eigenvalue weighted by atomic mass is 32.2. The van der Waals surface area contributed by atoms with Crippen LogP contribution in [0.15, 0.2) is 54.6 Å². The van der Waals surface area contributed by atoms with E-state index in [-0.39, 0.29) is 23.5 Å². The number of sulfone groups is 1. The van der Waals surface area contributed by atoms with Crippen molar-refractivity contribution in [1.82, 2.24) is 14.8 Å². The second-order valence-electron chi connectivity index (χ2n) is 8.75. The highest BCUT2D eigenvalue weighted by Crippen LogP contribution is 2.42. The molecule has 2 aliphatic rings. The zero-order valence-corrected chi connectivity index (χ0v) is 19.4. The van der Waals surface area contributed by atoms with E-state index in [1.807, 2.05) is 54.6 Å². The van der Waals surface area contributed by atoms with E-state index in [0.717, 1.165) is 39.3 Å². The van der Waals surface area contributed by atoms with Crippen LogP contribution in [0.2, 0.25) is 0 Å². The Morgan fingerprint density at radius 3 is 2.67 bits per heavy atom. The van der Waals surface area contributed by atoms with Crippen LogP contribution in [0, 0.1) is 0 Å². The summed E-state index contributed by atoms with van der Waals surface area (Å²) in [5, 5.41) is 8.41. The molecule has 1 saturated heterocycles. The molecule has 1 N–H and O–H groups in total. The standard InChI is InChI=1S/C24H22N4O3S2/c29-23(20-13-21(15-8-9-15)28(27-20)18-10-11-33(30,31)14-18)25-17-5-3-4-16(12-17)24-26-19-6-1-2-7-22(19)32-24/h1-7,12-13,15,18H,8-11,14H2,(H,25,29). The van der Waals surface area contributed by atoms with Crippen molar-refractivity contribution >= 4 is 43.0 Å². The van der Waals surface area contributed by atoms with Crippen molar-refractivity contribution in [3.05, 3.63) is 66.0 Å². The average molecular weight is 479 g/mol. The van der Waals surface area contributed by atoms with E-state index in [1.54, 1.807) is 16.0 Å². The SMILES string of the molecule is O=C(Nc1cccc(-c2nc3ccccc3s2)c1)c1cc(C2CC2)n(C2CCS(=O)(=O)C2)n1. The van der Waals surface area contributed by atoms with Crippen LogP contribution in [0.25, 0.3) is 20.8 Å². The molecule has 4 aromatic rings. The molecule has 33 heavy (non-hydrogen) atoms. The first kappa shape index (κ1) is 20.6. The van der Waals surface area contributed by atoms with Crippen LogP contribution in [0.1, 0.15) is 47.4 Å². The first-order valence-electron chi connectivity index (χ1n) is 11.0. The summed E-state index contributed by atoms with van der Waals surface area (Å²) in [6.07, 6.45) is 2.65. The second kappa shape index (κ2) is 7.78. The number of fused-ring (bicyclic) bond motifs is 1. The molecule has 0 bridgehead atoms. The number of para-hydroxylation sites is 1. The Balaban J connectivity index is 1.26. The molecular formula is C24H22N4O3S2. The van der Waals surface area contributed by atoms with Gasteiger partial charge in [-0.15, -0.1) is 11.3 Å². The maximum Gasteiger partial charge on any atom is 0.276 e. The highest BCUT2D eigenvalue weighted by molar-refractivity contribution is 7.91. The van der Waals surface area contributed by atoms with Crippen molar-refractivity contribution in [3.63, 3.8) is 0 Å². The minimum absolute atomic E-state index is 0.0969. The zero-order chi connectivity index (χ0) is 22.6. The van der Waals surface area contributed by atoms with Crippen LogP contribution in [0.4, 0.5) is 5.69 Å². The summed E-state index contributed by atoms with van der Waals surface area (Å²) in [5.41, 5.74) is 3.87. The van der Waals surface area contributed by atoms with E-state index in [1.165, 1.54) is 0 Å². The lowest BCUT2D eigenvalue weighted by Crippen LogP contribution is -2.17. The molecule has 3 heterocycles. The number of carbonyl (C=O) groups is 1. The van der Waals surface area contributed by atoms with Crippen molar-refractivity contribution in [3.8, 4) is 10.6 Å². The monoisotopic (exact) mass is 478 g/mol. The molecule has 1 atom stereocenters. The Morgan fingerprint density at radius 1 is 1.06 bits per heavy atom. The number of hydrogen-bond donors (Lipinski definition) is 1. The van der Waals surface area contributed by atoms with E-state index in [9.17, 15) is 13.2 Å². The summed E-state index contributed by atoms with van der Waals surface area (Å²) in [6, 6.07) is 17.3. The van der Waals surface area contributed by atoms with Crippen molar-refractivity contribution in [2.24, 2.45) is 0 Å². The predicted molar refractivity (Wildman–Crippen MR) is 130 cm³/mol. The van der Waals surface area contributed by atoms with Gasteiger partial charge in [-0.2, -0.15) is 5.10 Å². The Bertz CT molecular complexity index is 1450. The second-order valence-corrected chi connectivity index (χ2v) is 12.0. The van der Waals surface area contributed by atoms with Gasteiger partial charge in [0.05, 0.1) is 27.8 Å². The molecule has 1 unspecified atom stereocenters. The molecule has 2 aromatic heterocycles. The lowest BCUT2D eigenvalue weighted by atomic mass is 10.2. The average Bonchev–Trinajstić information content (AvgIpc) is 3.24. The van der Waals surface area contributed by atoms with Crippen molar-refractivity contribution < 1.29 is 13.2 Å². The number of hydrogen-bond acceptors (Lipinski definition) is 6. The molecule has 7 nitrogen and oxygen atoms in total. The van der Waals surface area contributed by atoms with Crippen molar-refractivity contribution in [2.45, 2.75) is 31.2 Å². The molecule has 0 radical (unpaired) electrons. The summed E-state index contributed by atoms with van der Waals surface area (Å²) >= 11 is 1.62. The van der Waals surface area contributed by atoms with E-state index in [0.29, 0.717) is 23.7 Å². The fourth-order valence-corrected chi connectivity index (χ4v) is 7.04. The van der Waals surface area contributed by atoms with Gasteiger partial charge < -0.3 is 5.32 Å². The van der Waals surface area contributed by atoms with Crippen LogP contribution in [0.3, 0.4) is 0 Å². The summed E-state index contributed by atoms with van der Waals surface area (Å²) in [7, 11) is -3.03. The molecule has 9 heteroatoms. The van der Waals surface area contributed by atoms with Crippen LogP contribution >= 0.6 is 11.3 Å². The number of rotatable bonds is 5. The van der Waals surface area contributed by atoms with Crippen molar-refractivity contribution in [1.29, 1.82) is 0 Å². The Labute approximate surface area is 195 Å². The lowest BCUT2D eigenvalue weighted by Gasteiger charge is -2.12. The van der Waals surface area contributed by atoms with Gasteiger partial charge in [-0.25, -0.2) is 13.4 Å². The lowest BCUT2D eigenvalue weighted by molar-refractivity contribution is 0.102. The fourth-order valence-electron chi connectivity index (χ4n) is 4.39. The van der Waals surface area contributed by atoms with Crippen molar-refractivity contribution in [2.75, 3.05) is 16.8 Å². The molecular weight excluding hydrogens is 456 g/mol. The molecule has 1 aliphatic carbocycles.